The third-order valence-corrected chi connectivity index (χ3v) is 5.93. The highest BCUT2D eigenvalue weighted by Crippen LogP contribution is 2.24. The van der Waals surface area contributed by atoms with Crippen LogP contribution in [-0.2, 0) is 22.5 Å². The number of aromatic nitrogens is 2. The van der Waals surface area contributed by atoms with Crippen LogP contribution in [0.1, 0.15) is 11.3 Å². The number of amides is 1. The molecule has 0 spiro atoms. The number of methoxy groups -OCH3 is 1. The molecule has 1 atom stereocenters. The second kappa shape index (κ2) is 10.4. The fourth-order valence-corrected chi connectivity index (χ4v) is 4.08. The number of carbonyl (C=O) groups is 1. The molecule has 35 heavy (non-hydrogen) atoms. The van der Waals surface area contributed by atoms with Crippen molar-refractivity contribution >= 4 is 5.91 Å². The van der Waals surface area contributed by atoms with Crippen molar-refractivity contribution < 1.29 is 19.0 Å². The average molecular weight is 470 g/mol. The monoisotopic (exact) mass is 469 g/mol. The Morgan fingerprint density at radius 2 is 1.77 bits per heavy atom. The van der Waals surface area contributed by atoms with Gasteiger partial charge >= 0.3 is 0 Å². The summed E-state index contributed by atoms with van der Waals surface area (Å²) in [6.45, 7) is 1.63. The third kappa shape index (κ3) is 5.53. The van der Waals surface area contributed by atoms with Crippen molar-refractivity contribution in [2.45, 2.75) is 19.1 Å². The Balaban J connectivity index is 1.23. The summed E-state index contributed by atoms with van der Waals surface area (Å²) in [5.41, 5.74) is 2.78. The Bertz CT molecular complexity index is 1270. The van der Waals surface area contributed by atoms with Gasteiger partial charge in [0, 0.05) is 31.8 Å². The lowest BCUT2D eigenvalue weighted by molar-refractivity contribution is -0.153. The Kier molecular flexibility index (Phi) is 6.77. The zero-order chi connectivity index (χ0) is 24.0. The van der Waals surface area contributed by atoms with Gasteiger partial charge in [-0.3, -0.25) is 4.79 Å². The molecule has 1 saturated heterocycles. The molecule has 4 aromatic rings. The number of hydrogen-bond acceptors (Lipinski definition) is 5. The average Bonchev–Trinajstić information content (AvgIpc) is 3.36. The molecule has 0 unspecified atom stereocenters. The van der Waals surface area contributed by atoms with E-state index in [1.807, 2.05) is 94.5 Å². The SMILES string of the molecule is COc1ccc(CN2CCO[C@@H](Cc3cn(-c4cccc(Oc5ccccc5)c4)cn3)C2=O)cc1. The van der Waals surface area contributed by atoms with Crippen LogP contribution in [0.4, 0.5) is 0 Å². The maximum absolute atomic E-state index is 13.1. The van der Waals surface area contributed by atoms with E-state index >= 15 is 0 Å². The molecule has 1 fully saturated rings. The molecule has 0 bridgehead atoms. The van der Waals surface area contributed by atoms with E-state index in [4.69, 9.17) is 14.2 Å². The molecular weight excluding hydrogens is 442 g/mol. The van der Waals surface area contributed by atoms with Gasteiger partial charge in [-0.25, -0.2) is 4.98 Å². The van der Waals surface area contributed by atoms with Crippen LogP contribution < -0.4 is 9.47 Å². The standard InChI is InChI=1S/C28H27N3O4/c1-33-24-12-10-21(11-13-24)18-30-14-15-34-27(28(30)32)16-22-19-31(20-29-22)23-6-5-9-26(17-23)35-25-7-3-2-4-8-25/h2-13,17,19-20,27H,14-16,18H2,1H3/t27-/m0/s1. The first-order valence-corrected chi connectivity index (χ1v) is 11.6. The minimum atomic E-state index is -0.543. The van der Waals surface area contributed by atoms with Crippen LogP contribution >= 0.6 is 0 Å². The number of carbonyl (C=O) groups excluding carboxylic acids is 1. The molecule has 1 aromatic heterocycles. The minimum Gasteiger partial charge on any atom is -0.497 e. The van der Waals surface area contributed by atoms with E-state index in [9.17, 15) is 4.79 Å². The first-order chi connectivity index (χ1) is 17.2. The molecule has 0 saturated carbocycles. The maximum atomic E-state index is 13.1. The quantitative estimate of drug-likeness (QED) is 0.376. The highest BCUT2D eigenvalue weighted by Gasteiger charge is 2.30. The van der Waals surface area contributed by atoms with Crippen LogP contribution in [0.5, 0.6) is 17.2 Å². The van der Waals surface area contributed by atoms with Crippen molar-refractivity contribution in [1.29, 1.82) is 0 Å². The summed E-state index contributed by atoms with van der Waals surface area (Å²) in [7, 11) is 1.64. The zero-order valence-corrected chi connectivity index (χ0v) is 19.5. The van der Waals surface area contributed by atoms with Gasteiger partial charge in [0.25, 0.3) is 5.91 Å². The topological polar surface area (TPSA) is 65.8 Å². The lowest BCUT2D eigenvalue weighted by Crippen LogP contribution is -2.48. The zero-order valence-electron chi connectivity index (χ0n) is 19.5. The summed E-state index contributed by atoms with van der Waals surface area (Å²) in [5.74, 6) is 2.31. The lowest BCUT2D eigenvalue weighted by atomic mass is 10.1. The maximum Gasteiger partial charge on any atom is 0.252 e. The van der Waals surface area contributed by atoms with Crippen molar-refractivity contribution in [3.05, 3.63) is 103 Å². The molecule has 7 nitrogen and oxygen atoms in total. The van der Waals surface area contributed by atoms with Crippen molar-refractivity contribution in [1.82, 2.24) is 14.5 Å². The summed E-state index contributed by atoms with van der Waals surface area (Å²) in [4.78, 5) is 19.4. The third-order valence-electron chi connectivity index (χ3n) is 5.93. The summed E-state index contributed by atoms with van der Waals surface area (Å²) in [5, 5.41) is 0. The first kappa shape index (κ1) is 22.7. The molecule has 7 heteroatoms. The normalized spacial score (nSPS) is 15.7. The first-order valence-electron chi connectivity index (χ1n) is 11.6. The van der Waals surface area contributed by atoms with E-state index in [0.717, 1.165) is 34.2 Å². The van der Waals surface area contributed by atoms with E-state index in [-0.39, 0.29) is 5.91 Å². The van der Waals surface area contributed by atoms with Crippen LogP contribution in [0.25, 0.3) is 5.69 Å². The molecule has 1 aliphatic heterocycles. The Morgan fingerprint density at radius 3 is 2.57 bits per heavy atom. The van der Waals surface area contributed by atoms with Gasteiger partial charge in [0.2, 0.25) is 0 Å². The summed E-state index contributed by atoms with van der Waals surface area (Å²) in [6.07, 6.45) is 3.56. The largest absolute Gasteiger partial charge is 0.497 e. The van der Waals surface area contributed by atoms with Crippen molar-refractivity contribution in [3.63, 3.8) is 0 Å². The Labute approximate surface area is 204 Å². The number of para-hydroxylation sites is 1. The molecule has 3 aromatic carbocycles. The molecule has 1 aliphatic rings. The van der Waals surface area contributed by atoms with Gasteiger partial charge in [0.05, 0.1) is 31.4 Å². The second-order valence-electron chi connectivity index (χ2n) is 8.36. The van der Waals surface area contributed by atoms with Crippen LogP contribution in [0.3, 0.4) is 0 Å². The van der Waals surface area contributed by atoms with Gasteiger partial charge in [-0.1, -0.05) is 36.4 Å². The van der Waals surface area contributed by atoms with Gasteiger partial charge in [-0.2, -0.15) is 0 Å². The molecule has 5 rings (SSSR count). The number of nitrogens with zero attached hydrogens (tertiary/aromatic N) is 3. The number of rotatable bonds is 8. The predicted molar refractivity (Wildman–Crippen MR) is 132 cm³/mol. The van der Waals surface area contributed by atoms with E-state index in [2.05, 4.69) is 4.98 Å². The predicted octanol–water partition coefficient (Wildman–Crippen LogP) is 4.64. The molecule has 1 amide bonds. The fourth-order valence-electron chi connectivity index (χ4n) is 4.08. The molecule has 2 heterocycles. The van der Waals surface area contributed by atoms with Gasteiger partial charge < -0.3 is 23.7 Å². The van der Waals surface area contributed by atoms with Gasteiger partial charge in [-0.05, 0) is 42.0 Å². The number of morpholine rings is 1. The minimum absolute atomic E-state index is 0.0140. The van der Waals surface area contributed by atoms with Crippen LogP contribution in [0.2, 0.25) is 0 Å². The van der Waals surface area contributed by atoms with Crippen LogP contribution in [0, 0.1) is 0 Å². The Hall–Kier alpha value is -4.10. The van der Waals surface area contributed by atoms with E-state index < -0.39 is 6.10 Å². The van der Waals surface area contributed by atoms with Crippen molar-refractivity contribution in [2.24, 2.45) is 0 Å². The Morgan fingerprint density at radius 1 is 0.971 bits per heavy atom. The highest BCUT2D eigenvalue weighted by molar-refractivity contribution is 5.81. The van der Waals surface area contributed by atoms with Crippen molar-refractivity contribution in [3.8, 4) is 22.9 Å². The number of ether oxygens (including phenoxy) is 3. The van der Waals surface area contributed by atoms with Crippen LogP contribution in [0.15, 0.2) is 91.4 Å². The van der Waals surface area contributed by atoms with Crippen molar-refractivity contribution in [2.75, 3.05) is 20.3 Å². The molecule has 0 aliphatic carbocycles. The number of imidazole rings is 1. The number of hydrogen-bond donors (Lipinski definition) is 0. The fraction of sp³-hybridized carbons (Fsp3) is 0.214. The van der Waals surface area contributed by atoms with Gasteiger partial charge in [0.1, 0.15) is 23.4 Å². The smallest absolute Gasteiger partial charge is 0.252 e. The van der Waals surface area contributed by atoms with Gasteiger partial charge in [-0.15, -0.1) is 0 Å². The van der Waals surface area contributed by atoms with E-state index in [1.165, 1.54) is 0 Å². The summed E-state index contributed by atoms with van der Waals surface area (Å²) >= 11 is 0. The number of benzene rings is 3. The summed E-state index contributed by atoms with van der Waals surface area (Å²) < 4.78 is 18.9. The molecule has 178 valence electrons. The van der Waals surface area contributed by atoms with E-state index in [1.54, 1.807) is 13.4 Å². The highest BCUT2D eigenvalue weighted by atomic mass is 16.5. The lowest BCUT2D eigenvalue weighted by Gasteiger charge is -2.32. The molecule has 0 radical (unpaired) electrons. The van der Waals surface area contributed by atoms with Crippen LogP contribution in [-0.4, -0.2) is 46.7 Å². The molecule has 0 N–H and O–H groups in total. The second-order valence-corrected chi connectivity index (χ2v) is 8.36. The van der Waals surface area contributed by atoms with E-state index in [0.29, 0.717) is 26.1 Å². The van der Waals surface area contributed by atoms with Gasteiger partial charge in [0.15, 0.2) is 0 Å². The molecular formula is C28H27N3O4. The summed E-state index contributed by atoms with van der Waals surface area (Å²) in [6, 6.07) is 25.2.